The molecule has 2 N–H and O–H groups in total. The summed E-state index contributed by atoms with van der Waals surface area (Å²) >= 11 is 1.31. The number of para-hydroxylation sites is 1. The van der Waals surface area contributed by atoms with Crippen LogP contribution >= 0.6 is 11.3 Å². The number of carbonyl (C=O) groups is 2. The van der Waals surface area contributed by atoms with E-state index in [0.29, 0.717) is 16.5 Å². The van der Waals surface area contributed by atoms with E-state index in [-0.39, 0.29) is 18.4 Å². The van der Waals surface area contributed by atoms with Gasteiger partial charge in [0, 0.05) is 23.3 Å². The summed E-state index contributed by atoms with van der Waals surface area (Å²) in [5.74, 6) is 0.0260. The third-order valence-electron chi connectivity index (χ3n) is 4.83. The molecular formula is C22H22N4O2S. The number of urea groups is 1. The van der Waals surface area contributed by atoms with Gasteiger partial charge in [0.25, 0.3) is 0 Å². The van der Waals surface area contributed by atoms with Crippen LogP contribution in [-0.2, 0) is 17.6 Å². The van der Waals surface area contributed by atoms with Gasteiger partial charge in [-0.05, 0) is 43.5 Å². The number of nitrogens with zero attached hydrogens (tertiary/aromatic N) is 2. The first-order chi connectivity index (χ1) is 14.1. The molecule has 3 aromatic rings. The van der Waals surface area contributed by atoms with Gasteiger partial charge in [-0.1, -0.05) is 35.9 Å². The van der Waals surface area contributed by atoms with Crippen molar-refractivity contribution in [1.82, 2.24) is 4.98 Å². The summed E-state index contributed by atoms with van der Waals surface area (Å²) in [6.45, 7) is 2.72. The van der Waals surface area contributed by atoms with Gasteiger partial charge in [-0.25, -0.2) is 9.78 Å². The van der Waals surface area contributed by atoms with Crippen LogP contribution in [0.4, 0.5) is 21.3 Å². The van der Waals surface area contributed by atoms with Crippen LogP contribution in [0.5, 0.6) is 0 Å². The normalized spacial score (nSPS) is 12.9. The molecular weight excluding hydrogens is 384 g/mol. The minimum absolute atomic E-state index is 0.0260. The quantitative estimate of drug-likeness (QED) is 0.664. The topological polar surface area (TPSA) is 74.3 Å². The molecule has 0 spiro atoms. The van der Waals surface area contributed by atoms with Gasteiger partial charge in [-0.2, -0.15) is 0 Å². The fraction of sp³-hybridized carbons (Fsp3) is 0.227. The lowest BCUT2D eigenvalue weighted by atomic mass is 10.0. The zero-order chi connectivity index (χ0) is 20.2. The molecule has 6 nitrogen and oxygen atoms in total. The standard InChI is InChI=1S/C22H22N4O2S/c1-15-8-10-17(11-9-15)23-21(28)25-22-24-18(14-29-22)13-20(27)26-12-4-6-16-5-2-3-7-19(16)26/h2-3,5,7-11,14H,4,6,12-13H2,1H3,(H2,23,24,25,28). The van der Waals surface area contributed by atoms with Crippen LogP contribution in [0, 0.1) is 6.92 Å². The fourth-order valence-corrected chi connectivity index (χ4v) is 4.09. The predicted octanol–water partition coefficient (Wildman–Crippen LogP) is 4.62. The Morgan fingerprint density at radius 1 is 1.10 bits per heavy atom. The molecule has 0 unspecified atom stereocenters. The number of hydrogen-bond acceptors (Lipinski definition) is 4. The molecule has 0 bridgehead atoms. The van der Waals surface area contributed by atoms with E-state index in [1.54, 1.807) is 0 Å². The lowest BCUT2D eigenvalue weighted by Gasteiger charge is -2.29. The van der Waals surface area contributed by atoms with Crippen molar-refractivity contribution >= 4 is 39.8 Å². The Hall–Kier alpha value is -3.19. The molecule has 148 valence electrons. The summed E-state index contributed by atoms with van der Waals surface area (Å²) in [5, 5.41) is 7.78. The van der Waals surface area contributed by atoms with E-state index in [4.69, 9.17) is 0 Å². The van der Waals surface area contributed by atoms with Crippen molar-refractivity contribution in [2.45, 2.75) is 26.2 Å². The zero-order valence-corrected chi connectivity index (χ0v) is 17.0. The van der Waals surface area contributed by atoms with E-state index in [1.165, 1.54) is 16.9 Å². The van der Waals surface area contributed by atoms with Crippen LogP contribution in [0.2, 0.25) is 0 Å². The largest absolute Gasteiger partial charge is 0.325 e. The molecule has 0 saturated heterocycles. The first kappa shape index (κ1) is 19.1. The number of thiazole rings is 1. The van der Waals surface area contributed by atoms with Crippen LogP contribution in [0.1, 0.15) is 23.2 Å². The predicted molar refractivity (Wildman–Crippen MR) is 117 cm³/mol. The molecule has 1 aliphatic heterocycles. The molecule has 2 aromatic carbocycles. The van der Waals surface area contributed by atoms with E-state index < -0.39 is 0 Å². The summed E-state index contributed by atoms with van der Waals surface area (Å²) in [5.41, 5.74) is 4.70. The molecule has 0 aliphatic carbocycles. The summed E-state index contributed by atoms with van der Waals surface area (Å²) < 4.78 is 0. The number of anilines is 3. The Labute approximate surface area is 173 Å². The number of fused-ring (bicyclic) bond motifs is 1. The van der Waals surface area contributed by atoms with Gasteiger partial charge in [0.2, 0.25) is 5.91 Å². The van der Waals surface area contributed by atoms with Crippen molar-refractivity contribution in [3.63, 3.8) is 0 Å². The third kappa shape index (κ3) is 4.63. The first-order valence-electron chi connectivity index (χ1n) is 9.56. The van der Waals surface area contributed by atoms with Crippen molar-refractivity contribution < 1.29 is 9.59 Å². The molecule has 2 heterocycles. The van der Waals surface area contributed by atoms with Gasteiger partial charge in [-0.15, -0.1) is 11.3 Å². The van der Waals surface area contributed by atoms with Crippen molar-refractivity contribution in [3.05, 3.63) is 70.7 Å². The Kier molecular flexibility index (Phi) is 5.57. The van der Waals surface area contributed by atoms with E-state index >= 15 is 0 Å². The number of amides is 3. The van der Waals surface area contributed by atoms with Gasteiger partial charge in [0.15, 0.2) is 5.13 Å². The number of rotatable bonds is 4. The van der Waals surface area contributed by atoms with Gasteiger partial charge in [0.1, 0.15) is 0 Å². The molecule has 7 heteroatoms. The van der Waals surface area contributed by atoms with Crippen molar-refractivity contribution in [2.24, 2.45) is 0 Å². The maximum absolute atomic E-state index is 12.8. The van der Waals surface area contributed by atoms with E-state index in [0.717, 1.165) is 30.6 Å². The highest BCUT2D eigenvalue weighted by Gasteiger charge is 2.23. The Morgan fingerprint density at radius 3 is 2.72 bits per heavy atom. The molecule has 0 fully saturated rings. The van der Waals surface area contributed by atoms with Crippen LogP contribution < -0.4 is 15.5 Å². The number of benzene rings is 2. The van der Waals surface area contributed by atoms with Gasteiger partial charge in [-0.3, -0.25) is 10.1 Å². The molecule has 4 rings (SSSR count). The highest BCUT2D eigenvalue weighted by Crippen LogP contribution is 2.27. The van der Waals surface area contributed by atoms with Gasteiger partial charge < -0.3 is 10.2 Å². The Balaban J connectivity index is 1.36. The van der Waals surface area contributed by atoms with E-state index in [1.807, 2.05) is 59.7 Å². The molecule has 0 saturated carbocycles. The third-order valence-corrected chi connectivity index (χ3v) is 5.63. The summed E-state index contributed by atoms with van der Waals surface area (Å²) in [6.07, 6.45) is 2.18. The monoisotopic (exact) mass is 406 g/mol. The maximum Gasteiger partial charge on any atom is 0.325 e. The highest BCUT2D eigenvalue weighted by molar-refractivity contribution is 7.14. The Bertz CT molecular complexity index is 1030. The zero-order valence-electron chi connectivity index (χ0n) is 16.1. The smallest absolute Gasteiger partial charge is 0.312 e. The lowest BCUT2D eigenvalue weighted by molar-refractivity contribution is -0.118. The van der Waals surface area contributed by atoms with Crippen molar-refractivity contribution in [3.8, 4) is 0 Å². The van der Waals surface area contributed by atoms with Crippen LogP contribution in [0.25, 0.3) is 0 Å². The summed E-state index contributed by atoms with van der Waals surface area (Å²) in [6, 6.07) is 15.2. The maximum atomic E-state index is 12.8. The number of hydrogen-bond donors (Lipinski definition) is 2. The lowest BCUT2D eigenvalue weighted by Crippen LogP contribution is -2.36. The van der Waals surface area contributed by atoms with E-state index in [9.17, 15) is 9.59 Å². The SMILES string of the molecule is Cc1ccc(NC(=O)Nc2nc(CC(=O)N3CCCc4ccccc43)cs2)cc1. The molecule has 0 atom stereocenters. The minimum Gasteiger partial charge on any atom is -0.312 e. The summed E-state index contributed by atoms with van der Waals surface area (Å²) in [7, 11) is 0. The minimum atomic E-state index is -0.356. The summed E-state index contributed by atoms with van der Waals surface area (Å²) in [4.78, 5) is 31.2. The second-order valence-electron chi connectivity index (χ2n) is 7.04. The second-order valence-corrected chi connectivity index (χ2v) is 7.90. The number of carbonyl (C=O) groups excluding carboxylic acids is 2. The fourth-order valence-electron chi connectivity index (χ4n) is 3.38. The van der Waals surface area contributed by atoms with Crippen LogP contribution in [0.3, 0.4) is 0 Å². The number of aryl methyl sites for hydroxylation is 2. The average Bonchev–Trinajstić information content (AvgIpc) is 3.15. The van der Waals surface area contributed by atoms with E-state index in [2.05, 4.69) is 21.7 Å². The second kappa shape index (κ2) is 8.45. The molecule has 1 aliphatic rings. The number of nitrogens with one attached hydrogen (secondary N) is 2. The van der Waals surface area contributed by atoms with Crippen LogP contribution in [0.15, 0.2) is 53.9 Å². The Morgan fingerprint density at radius 2 is 1.90 bits per heavy atom. The molecule has 3 amide bonds. The molecule has 1 aromatic heterocycles. The average molecular weight is 407 g/mol. The van der Waals surface area contributed by atoms with Crippen molar-refractivity contribution in [2.75, 3.05) is 22.1 Å². The number of aromatic nitrogens is 1. The highest BCUT2D eigenvalue weighted by atomic mass is 32.1. The molecule has 0 radical (unpaired) electrons. The van der Waals surface area contributed by atoms with Gasteiger partial charge >= 0.3 is 6.03 Å². The first-order valence-corrected chi connectivity index (χ1v) is 10.4. The van der Waals surface area contributed by atoms with Gasteiger partial charge in [0.05, 0.1) is 12.1 Å². The van der Waals surface area contributed by atoms with Crippen LogP contribution in [-0.4, -0.2) is 23.5 Å². The van der Waals surface area contributed by atoms with Crippen molar-refractivity contribution in [1.29, 1.82) is 0 Å². The molecule has 29 heavy (non-hydrogen) atoms.